The Balaban J connectivity index is 2.08. The van der Waals surface area contributed by atoms with Crippen molar-refractivity contribution in [3.63, 3.8) is 0 Å². The van der Waals surface area contributed by atoms with Crippen LogP contribution < -0.4 is 10.6 Å². The first-order valence-electron chi connectivity index (χ1n) is 6.37. The number of guanidine groups is 1. The first-order valence-corrected chi connectivity index (χ1v) is 7.92. The lowest BCUT2D eigenvalue weighted by Gasteiger charge is -2.28. The highest BCUT2D eigenvalue weighted by molar-refractivity contribution is 9.10. The second kappa shape index (κ2) is 5.87. The molecule has 3 nitrogen and oxygen atoms in total. The van der Waals surface area contributed by atoms with Crippen LogP contribution in [0.25, 0.3) is 0 Å². The van der Waals surface area contributed by atoms with Gasteiger partial charge in [-0.25, -0.2) is 0 Å². The van der Waals surface area contributed by atoms with E-state index in [-0.39, 0.29) is 6.04 Å². The lowest BCUT2D eigenvalue weighted by molar-refractivity contribution is 0.768. The van der Waals surface area contributed by atoms with Gasteiger partial charge in [-0.05, 0) is 39.7 Å². The number of anilines is 1. The van der Waals surface area contributed by atoms with Gasteiger partial charge in [-0.15, -0.1) is 0 Å². The normalized spacial score (nSPS) is 18.0. The number of aliphatic imine (C=N–C) groups is 1. The highest BCUT2D eigenvalue weighted by Crippen LogP contribution is 2.39. The molecular formula is C15H12BrCl2N3. The monoisotopic (exact) mass is 383 g/mol. The van der Waals surface area contributed by atoms with Gasteiger partial charge in [0.05, 0.1) is 28.3 Å². The van der Waals surface area contributed by atoms with Gasteiger partial charge in [0.15, 0.2) is 5.96 Å². The van der Waals surface area contributed by atoms with Crippen molar-refractivity contribution in [2.45, 2.75) is 6.04 Å². The zero-order valence-corrected chi connectivity index (χ0v) is 14.0. The zero-order valence-electron chi connectivity index (χ0n) is 10.9. The molecule has 0 aromatic heterocycles. The molecule has 1 heterocycles. The maximum Gasteiger partial charge on any atom is 0.196 e. The molecule has 1 atom stereocenters. The Labute approximate surface area is 141 Å². The number of nitrogens with zero attached hydrogens (tertiary/aromatic N) is 2. The standard InChI is InChI=1S/C15H12BrCl2N3/c16-10-5-1-2-7-12(10)21-13(8-20-15(21)19)9-4-3-6-11(17)14(9)18/h1-7,13H,8H2,(H2,19,20). The van der Waals surface area contributed by atoms with Crippen LogP contribution in [0.15, 0.2) is 51.9 Å². The second-order valence-corrected chi connectivity index (χ2v) is 6.32. The third kappa shape index (κ3) is 2.63. The average molecular weight is 385 g/mol. The maximum absolute atomic E-state index is 6.35. The Kier molecular flexibility index (Phi) is 4.11. The van der Waals surface area contributed by atoms with Gasteiger partial charge in [-0.2, -0.15) is 0 Å². The van der Waals surface area contributed by atoms with Crippen molar-refractivity contribution in [3.05, 3.63) is 62.5 Å². The minimum atomic E-state index is -0.0603. The lowest BCUT2D eigenvalue weighted by atomic mass is 10.1. The predicted molar refractivity (Wildman–Crippen MR) is 92.3 cm³/mol. The highest BCUT2D eigenvalue weighted by Gasteiger charge is 2.31. The summed E-state index contributed by atoms with van der Waals surface area (Å²) in [6.45, 7) is 0.549. The molecule has 1 aliphatic rings. The van der Waals surface area contributed by atoms with E-state index in [0.29, 0.717) is 22.5 Å². The smallest absolute Gasteiger partial charge is 0.196 e. The van der Waals surface area contributed by atoms with E-state index < -0.39 is 0 Å². The van der Waals surface area contributed by atoms with Crippen molar-refractivity contribution in [2.24, 2.45) is 10.7 Å². The van der Waals surface area contributed by atoms with Gasteiger partial charge >= 0.3 is 0 Å². The summed E-state index contributed by atoms with van der Waals surface area (Å²) in [7, 11) is 0. The van der Waals surface area contributed by atoms with Crippen molar-refractivity contribution >= 4 is 50.8 Å². The van der Waals surface area contributed by atoms with Gasteiger partial charge in [-0.1, -0.05) is 47.5 Å². The summed E-state index contributed by atoms with van der Waals surface area (Å²) in [4.78, 5) is 6.34. The lowest BCUT2D eigenvalue weighted by Crippen LogP contribution is -2.36. The van der Waals surface area contributed by atoms with Gasteiger partial charge in [0.25, 0.3) is 0 Å². The summed E-state index contributed by atoms with van der Waals surface area (Å²) < 4.78 is 0.952. The minimum absolute atomic E-state index is 0.0603. The van der Waals surface area contributed by atoms with Gasteiger partial charge in [0.1, 0.15) is 0 Å². The molecule has 2 aromatic rings. The quantitative estimate of drug-likeness (QED) is 0.819. The van der Waals surface area contributed by atoms with E-state index in [4.69, 9.17) is 28.9 Å². The molecule has 1 aliphatic heterocycles. The minimum Gasteiger partial charge on any atom is -0.369 e. The number of rotatable bonds is 2. The SMILES string of the molecule is NC1=NCC(c2cccc(Cl)c2Cl)N1c1ccccc1Br. The molecular weight excluding hydrogens is 373 g/mol. The Morgan fingerprint density at radius 3 is 2.67 bits per heavy atom. The van der Waals surface area contributed by atoms with E-state index in [0.717, 1.165) is 15.7 Å². The van der Waals surface area contributed by atoms with Crippen LogP contribution in [0.1, 0.15) is 11.6 Å². The topological polar surface area (TPSA) is 41.6 Å². The molecule has 0 saturated carbocycles. The molecule has 108 valence electrons. The van der Waals surface area contributed by atoms with Crippen LogP contribution in [-0.2, 0) is 0 Å². The van der Waals surface area contributed by atoms with E-state index in [1.54, 1.807) is 6.07 Å². The van der Waals surface area contributed by atoms with E-state index in [1.807, 2.05) is 41.3 Å². The maximum atomic E-state index is 6.35. The largest absolute Gasteiger partial charge is 0.369 e. The molecule has 0 bridgehead atoms. The number of hydrogen-bond acceptors (Lipinski definition) is 3. The van der Waals surface area contributed by atoms with Gasteiger partial charge in [0.2, 0.25) is 0 Å². The van der Waals surface area contributed by atoms with Crippen molar-refractivity contribution in [1.29, 1.82) is 0 Å². The average Bonchev–Trinajstić information content (AvgIpc) is 2.84. The fourth-order valence-electron chi connectivity index (χ4n) is 2.45. The third-order valence-electron chi connectivity index (χ3n) is 3.44. The summed E-state index contributed by atoms with van der Waals surface area (Å²) in [6.07, 6.45) is 0. The first kappa shape index (κ1) is 14.7. The van der Waals surface area contributed by atoms with Crippen LogP contribution in [0.3, 0.4) is 0 Å². The molecule has 0 saturated heterocycles. The molecule has 2 aromatic carbocycles. The van der Waals surface area contributed by atoms with E-state index in [9.17, 15) is 0 Å². The number of benzene rings is 2. The highest BCUT2D eigenvalue weighted by atomic mass is 79.9. The Bertz CT molecular complexity index is 718. The molecule has 2 N–H and O–H groups in total. The molecule has 3 rings (SSSR count). The molecule has 0 spiro atoms. The van der Waals surface area contributed by atoms with Crippen molar-refractivity contribution in [3.8, 4) is 0 Å². The van der Waals surface area contributed by atoms with Crippen LogP contribution in [-0.4, -0.2) is 12.5 Å². The number of para-hydroxylation sites is 1. The van der Waals surface area contributed by atoms with Crippen LogP contribution >= 0.6 is 39.1 Å². The van der Waals surface area contributed by atoms with Crippen LogP contribution in [0, 0.1) is 0 Å². The fraction of sp³-hybridized carbons (Fsp3) is 0.133. The van der Waals surface area contributed by atoms with Crippen molar-refractivity contribution in [1.82, 2.24) is 0 Å². The summed E-state index contributed by atoms with van der Waals surface area (Å²) in [6, 6.07) is 13.4. The number of hydrogen-bond donors (Lipinski definition) is 1. The van der Waals surface area contributed by atoms with E-state index in [1.165, 1.54) is 0 Å². The van der Waals surface area contributed by atoms with E-state index >= 15 is 0 Å². The molecule has 0 fully saturated rings. The van der Waals surface area contributed by atoms with Gasteiger partial charge in [0, 0.05) is 4.47 Å². The first-order chi connectivity index (χ1) is 10.1. The molecule has 6 heteroatoms. The predicted octanol–water partition coefficient (Wildman–Crippen LogP) is 4.63. The Hall–Kier alpha value is -1.23. The fourth-order valence-corrected chi connectivity index (χ4v) is 3.36. The summed E-state index contributed by atoms with van der Waals surface area (Å²) in [5.74, 6) is 0.475. The Morgan fingerprint density at radius 1 is 1.14 bits per heavy atom. The van der Waals surface area contributed by atoms with Crippen LogP contribution in [0.2, 0.25) is 10.0 Å². The summed E-state index contributed by atoms with van der Waals surface area (Å²) in [5, 5.41) is 1.08. The molecule has 1 unspecified atom stereocenters. The summed E-state index contributed by atoms with van der Waals surface area (Å²) in [5.41, 5.74) is 7.95. The van der Waals surface area contributed by atoms with Crippen LogP contribution in [0.4, 0.5) is 5.69 Å². The Morgan fingerprint density at radius 2 is 1.90 bits per heavy atom. The van der Waals surface area contributed by atoms with Gasteiger partial charge in [-0.3, -0.25) is 4.99 Å². The third-order valence-corrected chi connectivity index (χ3v) is 4.94. The van der Waals surface area contributed by atoms with Crippen LogP contribution in [0.5, 0.6) is 0 Å². The molecule has 0 aliphatic carbocycles. The molecule has 0 radical (unpaired) electrons. The van der Waals surface area contributed by atoms with Crippen molar-refractivity contribution in [2.75, 3.05) is 11.4 Å². The van der Waals surface area contributed by atoms with E-state index in [2.05, 4.69) is 20.9 Å². The van der Waals surface area contributed by atoms with Crippen molar-refractivity contribution < 1.29 is 0 Å². The number of halogens is 3. The second-order valence-electron chi connectivity index (χ2n) is 4.68. The molecule has 0 amide bonds. The summed E-state index contributed by atoms with van der Waals surface area (Å²) >= 11 is 16.0. The number of nitrogens with two attached hydrogens (primary N) is 1. The molecule has 21 heavy (non-hydrogen) atoms. The van der Waals surface area contributed by atoms with Gasteiger partial charge < -0.3 is 10.6 Å². The zero-order chi connectivity index (χ0) is 15.0.